The second-order valence-electron chi connectivity index (χ2n) is 5.99. The molecule has 0 aliphatic carbocycles. The van der Waals surface area contributed by atoms with Gasteiger partial charge in [0.2, 0.25) is 10.0 Å². The summed E-state index contributed by atoms with van der Waals surface area (Å²) in [6, 6.07) is 11.9. The van der Waals surface area contributed by atoms with E-state index in [1.807, 2.05) is 0 Å². The van der Waals surface area contributed by atoms with Crippen LogP contribution in [0.1, 0.15) is 22.8 Å². The van der Waals surface area contributed by atoms with Gasteiger partial charge in [0, 0.05) is 20.1 Å². The maximum atomic E-state index is 13.2. The van der Waals surface area contributed by atoms with Crippen molar-refractivity contribution in [3.05, 3.63) is 65.5 Å². The number of hydrogen-bond donors (Lipinski definition) is 1. The van der Waals surface area contributed by atoms with Crippen molar-refractivity contribution in [2.45, 2.75) is 24.3 Å². The Labute approximate surface area is 147 Å². The zero-order valence-corrected chi connectivity index (χ0v) is 15.2. The number of hydrogen-bond acceptors (Lipinski definition) is 3. The molecule has 7 heteroatoms. The fraction of sp³-hybridized carbons (Fsp3) is 0.278. The van der Waals surface area contributed by atoms with Crippen LogP contribution in [-0.2, 0) is 16.4 Å². The monoisotopic (exact) mass is 364 g/mol. The van der Waals surface area contributed by atoms with E-state index in [0.29, 0.717) is 6.42 Å². The Morgan fingerprint density at radius 1 is 1.16 bits per heavy atom. The van der Waals surface area contributed by atoms with Crippen molar-refractivity contribution in [2.24, 2.45) is 0 Å². The van der Waals surface area contributed by atoms with Gasteiger partial charge in [0.15, 0.2) is 0 Å². The molecule has 0 saturated carbocycles. The molecule has 1 amide bonds. The molecule has 2 aromatic carbocycles. The number of amides is 1. The van der Waals surface area contributed by atoms with Gasteiger partial charge in [0.25, 0.3) is 5.91 Å². The molecule has 5 nitrogen and oxygen atoms in total. The average Bonchev–Trinajstić information content (AvgIpc) is 2.54. The standard InChI is InChI=1S/C18H21FN2O3S/c1-13(11-14-7-6-8-15(19)12-14)20-18(22)16-9-4-5-10-17(16)25(23,24)21(2)3/h4-10,12-13H,11H2,1-3H3,(H,20,22). The summed E-state index contributed by atoms with van der Waals surface area (Å²) in [6.07, 6.45) is 0.437. The Kier molecular flexibility index (Phi) is 5.92. The number of carbonyl (C=O) groups is 1. The van der Waals surface area contributed by atoms with Crippen LogP contribution in [0.3, 0.4) is 0 Å². The van der Waals surface area contributed by atoms with E-state index in [1.54, 1.807) is 31.2 Å². The molecular weight excluding hydrogens is 343 g/mol. The summed E-state index contributed by atoms with van der Waals surface area (Å²) in [7, 11) is -0.903. The van der Waals surface area contributed by atoms with Gasteiger partial charge in [-0.3, -0.25) is 4.79 Å². The molecule has 2 aromatic rings. The molecule has 1 atom stereocenters. The lowest BCUT2D eigenvalue weighted by Gasteiger charge is -2.17. The highest BCUT2D eigenvalue weighted by Gasteiger charge is 2.24. The van der Waals surface area contributed by atoms with Gasteiger partial charge in [-0.05, 0) is 43.2 Å². The molecular formula is C18H21FN2O3S. The number of benzene rings is 2. The minimum atomic E-state index is -3.73. The first-order chi connectivity index (χ1) is 11.7. The van der Waals surface area contributed by atoms with Crippen molar-refractivity contribution in [2.75, 3.05) is 14.1 Å². The molecule has 0 bridgehead atoms. The third-order valence-corrected chi connectivity index (χ3v) is 5.57. The summed E-state index contributed by atoms with van der Waals surface area (Å²) in [5.74, 6) is -0.816. The summed E-state index contributed by atoms with van der Waals surface area (Å²) < 4.78 is 39.1. The lowest BCUT2D eigenvalue weighted by molar-refractivity contribution is 0.0936. The van der Waals surface area contributed by atoms with Crippen molar-refractivity contribution in [1.29, 1.82) is 0 Å². The molecule has 0 aliphatic rings. The summed E-state index contributed by atoms with van der Waals surface area (Å²) in [4.78, 5) is 12.5. The first-order valence-electron chi connectivity index (χ1n) is 7.78. The van der Waals surface area contributed by atoms with E-state index in [-0.39, 0.29) is 22.3 Å². The van der Waals surface area contributed by atoms with Gasteiger partial charge in [-0.25, -0.2) is 17.1 Å². The summed E-state index contributed by atoms with van der Waals surface area (Å²) in [5, 5.41) is 2.77. The molecule has 1 N–H and O–H groups in total. The zero-order valence-electron chi connectivity index (χ0n) is 14.4. The SMILES string of the molecule is CC(Cc1cccc(F)c1)NC(=O)c1ccccc1S(=O)(=O)N(C)C. The van der Waals surface area contributed by atoms with Gasteiger partial charge in [-0.2, -0.15) is 0 Å². The second kappa shape index (κ2) is 7.76. The molecule has 0 aliphatic heterocycles. The lowest BCUT2D eigenvalue weighted by atomic mass is 10.1. The molecule has 0 spiro atoms. The highest BCUT2D eigenvalue weighted by Crippen LogP contribution is 2.18. The predicted octanol–water partition coefficient (Wildman–Crippen LogP) is 2.44. The van der Waals surface area contributed by atoms with Gasteiger partial charge < -0.3 is 5.32 Å². The minimum Gasteiger partial charge on any atom is -0.349 e. The van der Waals surface area contributed by atoms with Crippen LogP contribution in [-0.4, -0.2) is 38.8 Å². The van der Waals surface area contributed by atoms with E-state index in [9.17, 15) is 17.6 Å². The Morgan fingerprint density at radius 3 is 2.48 bits per heavy atom. The largest absolute Gasteiger partial charge is 0.349 e. The normalized spacial score (nSPS) is 12.8. The molecule has 1 unspecified atom stereocenters. The average molecular weight is 364 g/mol. The van der Waals surface area contributed by atoms with E-state index in [0.717, 1.165) is 9.87 Å². The van der Waals surface area contributed by atoms with Crippen molar-refractivity contribution >= 4 is 15.9 Å². The van der Waals surface area contributed by atoms with Crippen LogP contribution < -0.4 is 5.32 Å². The van der Waals surface area contributed by atoms with E-state index >= 15 is 0 Å². The third kappa shape index (κ3) is 4.64. The first-order valence-corrected chi connectivity index (χ1v) is 9.22. The molecule has 0 saturated heterocycles. The molecule has 134 valence electrons. The molecule has 2 rings (SSSR count). The number of rotatable bonds is 6. The Balaban J connectivity index is 2.19. The molecule has 0 aromatic heterocycles. The number of carbonyl (C=O) groups excluding carboxylic acids is 1. The van der Waals surface area contributed by atoms with E-state index in [4.69, 9.17) is 0 Å². The first kappa shape index (κ1) is 19.1. The zero-order chi connectivity index (χ0) is 18.6. The maximum Gasteiger partial charge on any atom is 0.252 e. The van der Waals surface area contributed by atoms with Crippen LogP contribution in [0.25, 0.3) is 0 Å². The molecule has 0 radical (unpaired) electrons. The van der Waals surface area contributed by atoms with Gasteiger partial charge in [-0.1, -0.05) is 24.3 Å². The van der Waals surface area contributed by atoms with Crippen molar-refractivity contribution in [3.63, 3.8) is 0 Å². The Hall–Kier alpha value is -2.25. The van der Waals surface area contributed by atoms with Gasteiger partial charge >= 0.3 is 0 Å². The van der Waals surface area contributed by atoms with E-state index in [1.165, 1.54) is 38.4 Å². The number of nitrogens with one attached hydrogen (secondary N) is 1. The minimum absolute atomic E-state index is 0.0459. The maximum absolute atomic E-state index is 13.2. The van der Waals surface area contributed by atoms with Crippen LogP contribution >= 0.6 is 0 Å². The highest BCUT2D eigenvalue weighted by molar-refractivity contribution is 7.89. The van der Waals surface area contributed by atoms with Gasteiger partial charge in [0.1, 0.15) is 5.82 Å². The highest BCUT2D eigenvalue weighted by atomic mass is 32.2. The van der Waals surface area contributed by atoms with Crippen LogP contribution in [0.2, 0.25) is 0 Å². The van der Waals surface area contributed by atoms with Crippen molar-refractivity contribution in [1.82, 2.24) is 9.62 Å². The number of sulfonamides is 1. The Morgan fingerprint density at radius 2 is 1.84 bits per heavy atom. The fourth-order valence-corrected chi connectivity index (χ4v) is 3.53. The van der Waals surface area contributed by atoms with E-state index in [2.05, 4.69) is 5.32 Å². The lowest BCUT2D eigenvalue weighted by Crippen LogP contribution is -2.35. The van der Waals surface area contributed by atoms with Gasteiger partial charge in [0.05, 0.1) is 10.5 Å². The van der Waals surface area contributed by atoms with Crippen molar-refractivity contribution < 1.29 is 17.6 Å². The van der Waals surface area contributed by atoms with Gasteiger partial charge in [-0.15, -0.1) is 0 Å². The molecule has 25 heavy (non-hydrogen) atoms. The van der Waals surface area contributed by atoms with Crippen LogP contribution in [0.4, 0.5) is 4.39 Å². The molecule has 0 fully saturated rings. The second-order valence-corrected chi connectivity index (χ2v) is 8.11. The smallest absolute Gasteiger partial charge is 0.252 e. The Bertz CT molecular complexity index is 866. The van der Waals surface area contributed by atoms with Crippen LogP contribution in [0, 0.1) is 5.82 Å². The number of halogens is 1. The van der Waals surface area contributed by atoms with Crippen molar-refractivity contribution in [3.8, 4) is 0 Å². The summed E-state index contributed by atoms with van der Waals surface area (Å²) in [6.45, 7) is 1.78. The topological polar surface area (TPSA) is 66.5 Å². The molecule has 0 heterocycles. The van der Waals surface area contributed by atoms with Crippen LogP contribution in [0.15, 0.2) is 53.4 Å². The van der Waals surface area contributed by atoms with Crippen LogP contribution in [0.5, 0.6) is 0 Å². The predicted molar refractivity (Wildman–Crippen MR) is 94.3 cm³/mol. The third-order valence-electron chi connectivity index (χ3n) is 3.70. The summed E-state index contributed by atoms with van der Waals surface area (Å²) in [5.41, 5.74) is 0.837. The summed E-state index contributed by atoms with van der Waals surface area (Å²) >= 11 is 0. The fourth-order valence-electron chi connectivity index (χ4n) is 2.45. The number of nitrogens with zero attached hydrogens (tertiary/aromatic N) is 1. The van der Waals surface area contributed by atoms with E-state index < -0.39 is 15.9 Å². The quantitative estimate of drug-likeness (QED) is 0.856.